The Morgan fingerprint density at radius 2 is 2.04 bits per heavy atom. The lowest BCUT2D eigenvalue weighted by Crippen LogP contribution is -2.64. The Bertz CT molecular complexity index is 2290. The molecule has 0 bridgehead atoms. The standard InChI is InChI=1S/C36H33ClF3N7O5/c1-17-26-27(17)35(10-12-45(23-7-5-20(23)35)33(51)29-24(48)3-2-11-41-29)28-30(26)46(16-25(49)42-22-6-4-19(15-21(22)37)36(38,39)40)34-43-31(44-47(34)32(28)50)18-8-13-52-14-9-18/h2-4,6,8,11,15,17,20,23,26-27,48H,5,7,9-10,12-14,16H2,1H3,(H,42,49)/t17-,20+,23-,26+,27-,35+/m0/s1. The summed E-state index contributed by atoms with van der Waals surface area (Å²) in [6.45, 7) is 3.04. The van der Waals surface area contributed by atoms with Crippen LogP contribution in [-0.4, -0.2) is 71.8 Å². The summed E-state index contributed by atoms with van der Waals surface area (Å²) in [5.74, 6) is -0.383. The first kappa shape index (κ1) is 33.1. The molecule has 2 aliphatic heterocycles. The highest BCUT2D eigenvalue weighted by atomic mass is 35.5. The van der Waals surface area contributed by atoms with Gasteiger partial charge >= 0.3 is 6.18 Å². The van der Waals surface area contributed by atoms with Crippen LogP contribution in [0.5, 0.6) is 5.75 Å². The molecule has 1 aromatic carbocycles. The molecule has 3 aliphatic carbocycles. The van der Waals surface area contributed by atoms with Gasteiger partial charge < -0.3 is 24.6 Å². The summed E-state index contributed by atoms with van der Waals surface area (Å²) in [6, 6.07) is 5.56. The van der Waals surface area contributed by atoms with E-state index in [2.05, 4.69) is 17.2 Å². The second-order valence-electron chi connectivity index (χ2n) is 14.4. The fourth-order valence-electron chi connectivity index (χ4n) is 9.63. The summed E-state index contributed by atoms with van der Waals surface area (Å²) in [7, 11) is 0. The van der Waals surface area contributed by atoms with Crippen molar-refractivity contribution in [1.82, 2.24) is 29.0 Å². The quantitative estimate of drug-likeness (QED) is 0.291. The lowest BCUT2D eigenvalue weighted by atomic mass is 9.54. The Kier molecular flexibility index (Phi) is 7.40. The van der Waals surface area contributed by atoms with Gasteiger partial charge in [-0.1, -0.05) is 24.6 Å². The predicted octanol–water partition coefficient (Wildman–Crippen LogP) is 5.03. The minimum Gasteiger partial charge on any atom is -0.505 e. The molecular formula is C36H33ClF3N7O5. The SMILES string of the molecule is C[C@H]1[C@H]2c3c(c(=O)n4nc(C5=CCOCC5)nc4n3CC(=O)Nc3ccc(C(F)(F)F)cc3Cl)[C@@]3(CCN(C(=O)c4ncccc4O)[C@H]4CC[C@H]43)[C@@H]12. The number of ether oxygens (including phenoxy) is 1. The van der Waals surface area contributed by atoms with Crippen molar-refractivity contribution in [3.8, 4) is 5.75 Å². The molecular weight excluding hydrogens is 703 g/mol. The maximum absolute atomic E-state index is 14.8. The largest absolute Gasteiger partial charge is 0.505 e. The second kappa shape index (κ2) is 11.6. The first-order valence-electron chi connectivity index (χ1n) is 17.3. The van der Waals surface area contributed by atoms with Gasteiger partial charge in [-0.25, -0.2) is 4.98 Å². The van der Waals surface area contributed by atoms with Gasteiger partial charge in [-0.15, -0.1) is 5.10 Å². The van der Waals surface area contributed by atoms with Crippen LogP contribution in [0, 0.1) is 17.8 Å². The lowest BCUT2D eigenvalue weighted by Gasteiger charge is -2.58. The van der Waals surface area contributed by atoms with Crippen LogP contribution >= 0.6 is 11.6 Å². The van der Waals surface area contributed by atoms with E-state index in [0.717, 1.165) is 42.3 Å². The molecule has 5 aliphatic rings. The van der Waals surface area contributed by atoms with Crippen molar-refractivity contribution in [2.24, 2.45) is 17.8 Å². The highest BCUT2D eigenvalue weighted by Gasteiger charge is 2.73. The molecule has 3 aromatic heterocycles. The molecule has 4 aromatic rings. The van der Waals surface area contributed by atoms with Gasteiger partial charge in [0.2, 0.25) is 11.7 Å². The fourth-order valence-corrected chi connectivity index (χ4v) is 9.86. The molecule has 1 spiro atoms. The number of pyridine rings is 1. The van der Waals surface area contributed by atoms with Crippen LogP contribution in [0.15, 0.2) is 47.4 Å². The number of rotatable bonds is 5. The Balaban J connectivity index is 1.14. The molecule has 16 heteroatoms. The van der Waals surface area contributed by atoms with Crippen molar-refractivity contribution >= 4 is 40.5 Å². The molecule has 2 saturated carbocycles. The van der Waals surface area contributed by atoms with Crippen molar-refractivity contribution in [3.63, 3.8) is 0 Å². The Morgan fingerprint density at radius 1 is 1.21 bits per heavy atom. The van der Waals surface area contributed by atoms with Crippen LogP contribution in [0.25, 0.3) is 11.4 Å². The van der Waals surface area contributed by atoms with Crippen LogP contribution in [-0.2, 0) is 27.7 Å². The number of carbonyl (C=O) groups excluding carboxylic acids is 2. The smallest absolute Gasteiger partial charge is 0.416 e. The van der Waals surface area contributed by atoms with Crippen LogP contribution < -0.4 is 10.9 Å². The van der Waals surface area contributed by atoms with Crippen molar-refractivity contribution in [2.75, 3.05) is 25.1 Å². The maximum Gasteiger partial charge on any atom is 0.416 e. The van der Waals surface area contributed by atoms with E-state index in [1.807, 2.05) is 6.08 Å². The van der Waals surface area contributed by atoms with Gasteiger partial charge in [0, 0.05) is 41.4 Å². The number of alkyl halides is 3. The summed E-state index contributed by atoms with van der Waals surface area (Å²) >= 11 is 6.19. The number of benzene rings is 1. The average molecular weight is 736 g/mol. The number of halogens is 4. The third kappa shape index (κ3) is 4.77. The highest BCUT2D eigenvalue weighted by Crippen LogP contribution is 2.74. The first-order valence-corrected chi connectivity index (χ1v) is 17.7. The van der Waals surface area contributed by atoms with E-state index in [-0.39, 0.29) is 75.7 Å². The molecule has 6 atom stereocenters. The monoisotopic (exact) mass is 735 g/mol. The second-order valence-corrected chi connectivity index (χ2v) is 14.8. The molecule has 9 rings (SSSR count). The third-order valence-corrected chi connectivity index (χ3v) is 12.3. The number of likely N-dealkylation sites (tertiary alicyclic amines) is 1. The van der Waals surface area contributed by atoms with Crippen molar-refractivity contribution in [2.45, 2.75) is 62.7 Å². The summed E-state index contributed by atoms with van der Waals surface area (Å²) in [6.07, 6.45) is 1.31. The zero-order valence-corrected chi connectivity index (χ0v) is 28.6. The number of hydrogen-bond donors (Lipinski definition) is 2. The molecule has 2 amide bonds. The van der Waals surface area contributed by atoms with Crippen LogP contribution in [0.2, 0.25) is 5.02 Å². The van der Waals surface area contributed by atoms with E-state index in [1.54, 1.807) is 15.5 Å². The van der Waals surface area contributed by atoms with Gasteiger partial charge in [0.1, 0.15) is 12.3 Å². The summed E-state index contributed by atoms with van der Waals surface area (Å²) in [4.78, 5) is 53.0. The van der Waals surface area contributed by atoms with Crippen LogP contribution in [0.3, 0.4) is 0 Å². The molecule has 0 unspecified atom stereocenters. The number of fused-ring (bicyclic) bond motifs is 8. The third-order valence-electron chi connectivity index (χ3n) is 12.0. The Morgan fingerprint density at radius 3 is 2.73 bits per heavy atom. The molecule has 270 valence electrons. The van der Waals surface area contributed by atoms with Crippen molar-refractivity contribution < 1.29 is 32.6 Å². The van der Waals surface area contributed by atoms with Gasteiger partial charge in [-0.2, -0.15) is 22.7 Å². The molecule has 3 fully saturated rings. The number of piperidine rings is 1. The maximum atomic E-state index is 14.8. The van der Waals surface area contributed by atoms with Gasteiger partial charge in [-0.3, -0.25) is 14.4 Å². The number of hydrogen-bond acceptors (Lipinski definition) is 8. The summed E-state index contributed by atoms with van der Waals surface area (Å²) in [5, 5.41) is 17.5. The zero-order chi connectivity index (χ0) is 36.3. The summed E-state index contributed by atoms with van der Waals surface area (Å²) in [5.41, 5.74) is 0.315. The molecule has 0 radical (unpaired) electrons. The normalized spacial score (nSPS) is 27.4. The number of nitrogens with zero attached hydrogens (tertiary/aromatic N) is 6. The predicted molar refractivity (Wildman–Crippen MR) is 181 cm³/mol. The summed E-state index contributed by atoms with van der Waals surface area (Å²) < 4.78 is 48.4. The van der Waals surface area contributed by atoms with Crippen LogP contribution in [0.1, 0.15) is 71.7 Å². The lowest BCUT2D eigenvalue weighted by molar-refractivity contribution is -0.137. The minimum atomic E-state index is -4.60. The fraction of sp³-hybridized carbons (Fsp3) is 0.444. The van der Waals surface area contributed by atoms with Crippen molar-refractivity contribution in [3.05, 3.63) is 86.3 Å². The Labute approximate surface area is 299 Å². The van der Waals surface area contributed by atoms with E-state index < -0.39 is 23.1 Å². The van der Waals surface area contributed by atoms with Gasteiger partial charge in [0.05, 0.1) is 29.5 Å². The number of carbonyl (C=O) groups is 2. The van der Waals surface area contributed by atoms with E-state index in [9.17, 15) is 32.7 Å². The molecule has 52 heavy (non-hydrogen) atoms. The zero-order valence-electron chi connectivity index (χ0n) is 27.9. The number of anilines is 1. The molecule has 1 saturated heterocycles. The van der Waals surface area contributed by atoms with E-state index >= 15 is 0 Å². The minimum absolute atomic E-state index is 0.00521. The van der Waals surface area contributed by atoms with Gasteiger partial charge in [0.25, 0.3) is 11.5 Å². The van der Waals surface area contributed by atoms with Gasteiger partial charge in [0.15, 0.2) is 11.5 Å². The average Bonchev–Trinajstić information content (AvgIpc) is 3.42. The van der Waals surface area contributed by atoms with E-state index in [1.165, 1.54) is 16.8 Å². The number of amides is 2. The highest BCUT2D eigenvalue weighted by molar-refractivity contribution is 6.33. The van der Waals surface area contributed by atoms with Crippen molar-refractivity contribution in [1.29, 1.82) is 0 Å². The number of aromatic nitrogens is 5. The van der Waals surface area contributed by atoms with E-state index in [0.29, 0.717) is 44.0 Å². The molecule has 5 heterocycles. The number of aromatic hydroxyl groups is 1. The number of nitrogens with one attached hydrogen (secondary N) is 1. The van der Waals surface area contributed by atoms with Gasteiger partial charge in [-0.05, 0) is 79.3 Å². The van der Waals surface area contributed by atoms with E-state index in [4.69, 9.17) is 26.4 Å². The molecule has 12 nitrogen and oxygen atoms in total. The topological polar surface area (TPSA) is 144 Å². The molecule has 2 N–H and O–H groups in total. The van der Waals surface area contributed by atoms with Crippen LogP contribution in [0.4, 0.5) is 18.9 Å². The first-order chi connectivity index (χ1) is 24.9. The Hall–Kier alpha value is -4.76.